The van der Waals surface area contributed by atoms with Crippen LogP contribution in [-0.2, 0) is 14.3 Å². The van der Waals surface area contributed by atoms with E-state index in [1.54, 1.807) is 7.05 Å². The van der Waals surface area contributed by atoms with Crippen molar-refractivity contribution in [1.82, 2.24) is 10.6 Å². The Morgan fingerprint density at radius 2 is 1.87 bits per heavy atom. The molecule has 0 atom stereocenters. The lowest BCUT2D eigenvalue weighted by Gasteiger charge is -2.04. The summed E-state index contributed by atoms with van der Waals surface area (Å²) in [5.41, 5.74) is 0. The molecule has 0 aromatic carbocycles. The number of nitrogens with one attached hydrogen (secondary N) is 2. The molecule has 0 fully saturated rings. The molecule has 88 valence electrons. The Morgan fingerprint density at radius 3 is 2.47 bits per heavy atom. The predicted octanol–water partition coefficient (Wildman–Crippen LogP) is 0.0554. The average Bonchev–Trinajstić information content (AvgIpc) is 2.25. The fraction of sp³-hybridized carbons (Fsp3) is 0.800. The molecule has 5 nitrogen and oxygen atoms in total. The van der Waals surface area contributed by atoms with E-state index in [4.69, 9.17) is 4.74 Å². The Labute approximate surface area is 90.6 Å². The van der Waals surface area contributed by atoms with E-state index in [-0.39, 0.29) is 24.7 Å². The van der Waals surface area contributed by atoms with Crippen LogP contribution in [0.3, 0.4) is 0 Å². The van der Waals surface area contributed by atoms with Gasteiger partial charge in [-0.25, -0.2) is 0 Å². The second-order valence-corrected chi connectivity index (χ2v) is 3.07. The molecule has 0 spiro atoms. The minimum atomic E-state index is -0.112. The van der Waals surface area contributed by atoms with Gasteiger partial charge >= 0.3 is 0 Å². The summed E-state index contributed by atoms with van der Waals surface area (Å²) >= 11 is 0. The summed E-state index contributed by atoms with van der Waals surface area (Å²) in [5.74, 6) is -0.199. The van der Waals surface area contributed by atoms with Gasteiger partial charge in [0.2, 0.25) is 11.8 Å². The van der Waals surface area contributed by atoms with Gasteiger partial charge < -0.3 is 15.4 Å². The highest BCUT2D eigenvalue weighted by molar-refractivity contribution is 5.83. The van der Waals surface area contributed by atoms with Crippen molar-refractivity contribution in [1.29, 1.82) is 0 Å². The molecule has 0 bridgehead atoms. The van der Waals surface area contributed by atoms with Crippen LogP contribution in [0.1, 0.15) is 26.2 Å². The van der Waals surface area contributed by atoms with Gasteiger partial charge in [0.1, 0.15) is 0 Å². The average molecular weight is 216 g/mol. The molecular formula is C10H20N2O3. The van der Waals surface area contributed by atoms with Crippen LogP contribution in [0.25, 0.3) is 0 Å². The van der Waals surface area contributed by atoms with Crippen molar-refractivity contribution < 1.29 is 14.3 Å². The number of ether oxygens (including phenoxy) is 1. The standard InChI is InChI=1S/C10H20N2O3/c1-3-15-8-4-7-12-10(14)6-5-9(13)11-2/h3-8H2,1-2H3,(H,11,13)(H,12,14). The van der Waals surface area contributed by atoms with Crippen LogP contribution in [0, 0.1) is 0 Å². The second-order valence-electron chi connectivity index (χ2n) is 3.07. The van der Waals surface area contributed by atoms with E-state index in [0.29, 0.717) is 19.8 Å². The van der Waals surface area contributed by atoms with Crippen molar-refractivity contribution in [2.75, 3.05) is 26.8 Å². The van der Waals surface area contributed by atoms with Crippen molar-refractivity contribution in [2.45, 2.75) is 26.2 Å². The van der Waals surface area contributed by atoms with Crippen molar-refractivity contribution >= 4 is 11.8 Å². The second kappa shape index (κ2) is 9.45. The number of carbonyl (C=O) groups is 2. The quantitative estimate of drug-likeness (QED) is 0.564. The molecule has 0 radical (unpaired) electrons. The maximum absolute atomic E-state index is 11.2. The zero-order valence-electron chi connectivity index (χ0n) is 9.47. The molecule has 0 rings (SSSR count). The highest BCUT2D eigenvalue weighted by Crippen LogP contribution is 1.89. The van der Waals surface area contributed by atoms with E-state index in [9.17, 15) is 9.59 Å². The molecule has 0 aliphatic heterocycles. The fourth-order valence-electron chi connectivity index (χ4n) is 0.987. The minimum absolute atomic E-state index is 0.0879. The minimum Gasteiger partial charge on any atom is -0.382 e. The largest absolute Gasteiger partial charge is 0.382 e. The van der Waals surface area contributed by atoms with Crippen molar-refractivity contribution in [3.8, 4) is 0 Å². The summed E-state index contributed by atoms with van der Waals surface area (Å²) in [6, 6.07) is 0. The topological polar surface area (TPSA) is 67.4 Å². The lowest BCUT2D eigenvalue weighted by molar-refractivity contribution is -0.126. The first kappa shape index (κ1) is 13.9. The van der Waals surface area contributed by atoms with Crippen LogP contribution < -0.4 is 10.6 Å². The molecule has 5 heteroatoms. The third-order valence-electron chi connectivity index (χ3n) is 1.85. The maximum Gasteiger partial charge on any atom is 0.220 e. The molecule has 0 aliphatic rings. The van der Waals surface area contributed by atoms with Crippen molar-refractivity contribution in [3.63, 3.8) is 0 Å². The van der Waals surface area contributed by atoms with Gasteiger partial charge in [-0.3, -0.25) is 9.59 Å². The zero-order chi connectivity index (χ0) is 11.5. The number of amides is 2. The van der Waals surface area contributed by atoms with E-state index in [2.05, 4.69) is 10.6 Å². The molecule has 15 heavy (non-hydrogen) atoms. The normalized spacial score (nSPS) is 9.73. The van der Waals surface area contributed by atoms with Crippen molar-refractivity contribution in [2.24, 2.45) is 0 Å². The van der Waals surface area contributed by atoms with Gasteiger partial charge in [0.15, 0.2) is 0 Å². The lowest BCUT2D eigenvalue weighted by atomic mass is 10.3. The monoisotopic (exact) mass is 216 g/mol. The van der Waals surface area contributed by atoms with E-state index in [0.717, 1.165) is 6.42 Å². The Hall–Kier alpha value is -1.10. The Balaban J connectivity index is 3.30. The molecule has 0 aliphatic carbocycles. The highest BCUT2D eigenvalue weighted by atomic mass is 16.5. The first-order valence-electron chi connectivity index (χ1n) is 5.25. The Morgan fingerprint density at radius 1 is 1.20 bits per heavy atom. The predicted molar refractivity (Wildman–Crippen MR) is 57.4 cm³/mol. The van der Waals surface area contributed by atoms with Gasteiger partial charge in [0.05, 0.1) is 0 Å². The Bertz CT molecular complexity index is 195. The summed E-state index contributed by atoms with van der Waals surface area (Å²) < 4.78 is 5.12. The molecule has 0 aromatic heterocycles. The first-order valence-corrected chi connectivity index (χ1v) is 5.25. The van der Waals surface area contributed by atoms with Crippen LogP contribution in [-0.4, -0.2) is 38.6 Å². The van der Waals surface area contributed by atoms with E-state index >= 15 is 0 Å². The summed E-state index contributed by atoms with van der Waals surface area (Å²) in [6.07, 6.45) is 1.29. The van der Waals surface area contributed by atoms with Crippen LogP contribution in [0.5, 0.6) is 0 Å². The third-order valence-corrected chi connectivity index (χ3v) is 1.85. The summed E-state index contributed by atoms with van der Waals surface area (Å²) in [4.78, 5) is 22.0. The maximum atomic E-state index is 11.2. The van der Waals surface area contributed by atoms with Crippen LogP contribution in [0.15, 0.2) is 0 Å². The van der Waals surface area contributed by atoms with Gasteiger partial charge in [-0.2, -0.15) is 0 Å². The molecular weight excluding hydrogens is 196 g/mol. The van der Waals surface area contributed by atoms with Gasteiger partial charge in [0, 0.05) is 39.6 Å². The van der Waals surface area contributed by atoms with Crippen LogP contribution in [0.4, 0.5) is 0 Å². The fourth-order valence-corrected chi connectivity index (χ4v) is 0.987. The van der Waals surface area contributed by atoms with Crippen molar-refractivity contribution in [3.05, 3.63) is 0 Å². The molecule has 2 amide bonds. The van der Waals surface area contributed by atoms with E-state index in [1.807, 2.05) is 6.92 Å². The van der Waals surface area contributed by atoms with Gasteiger partial charge in [-0.1, -0.05) is 0 Å². The first-order chi connectivity index (χ1) is 7.20. The molecule has 0 saturated heterocycles. The van der Waals surface area contributed by atoms with Gasteiger partial charge in [0.25, 0.3) is 0 Å². The summed E-state index contributed by atoms with van der Waals surface area (Å²) in [7, 11) is 1.56. The van der Waals surface area contributed by atoms with Crippen LogP contribution in [0.2, 0.25) is 0 Å². The SMILES string of the molecule is CCOCCCNC(=O)CCC(=O)NC. The smallest absolute Gasteiger partial charge is 0.220 e. The van der Waals surface area contributed by atoms with E-state index in [1.165, 1.54) is 0 Å². The molecule has 0 heterocycles. The summed E-state index contributed by atoms with van der Waals surface area (Å²) in [6.45, 7) is 3.89. The van der Waals surface area contributed by atoms with Crippen LogP contribution >= 0.6 is 0 Å². The molecule has 0 unspecified atom stereocenters. The number of hydrogen-bond donors (Lipinski definition) is 2. The number of rotatable bonds is 8. The molecule has 2 N–H and O–H groups in total. The Kier molecular flexibility index (Phi) is 8.76. The number of hydrogen-bond acceptors (Lipinski definition) is 3. The zero-order valence-corrected chi connectivity index (χ0v) is 9.47. The summed E-state index contributed by atoms with van der Waals surface area (Å²) in [5, 5.41) is 5.19. The lowest BCUT2D eigenvalue weighted by Crippen LogP contribution is -2.27. The number of carbonyl (C=O) groups excluding carboxylic acids is 2. The van der Waals surface area contributed by atoms with Gasteiger partial charge in [-0.15, -0.1) is 0 Å². The third kappa shape index (κ3) is 9.21. The highest BCUT2D eigenvalue weighted by Gasteiger charge is 2.04. The van der Waals surface area contributed by atoms with E-state index < -0.39 is 0 Å². The molecule has 0 aromatic rings. The van der Waals surface area contributed by atoms with Gasteiger partial charge in [-0.05, 0) is 13.3 Å². The molecule has 0 saturated carbocycles.